The van der Waals surface area contributed by atoms with Gasteiger partial charge in [0.1, 0.15) is 24.4 Å². The number of aliphatic hydroxyl groups is 4. The maximum atomic E-state index is 12.3. The number of hydrogen-bond donors (Lipinski definition) is 4. The minimum Gasteiger partial charge on any atom is -0.394 e. The summed E-state index contributed by atoms with van der Waals surface area (Å²) in [5.74, 6) is -1.78. The highest BCUT2D eigenvalue weighted by atomic mass is 16.8. The molecule has 9 heteroatoms. The van der Waals surface area contributed by atoms with Gasteiger partial charge in [-0.1, -0.05) is 12.8 Å². The minimum atomic E-state index is -1.66. The molecule has 0 unspecified atom stereocenters. The Labute approximate surface area is 132 Å². The van der Waals surface area contributed by atoms with Crippen LogP contribution in [0.3, 0.4) is 0 Å². The van der Waals surface area contributed by atoms with Crippen LogP contribution >= 0.6 is 0 Å². The van der Waals surface area contributed by atoms with Crippen molar-refractivity contribution in [1.82, 2.24) is 5.06 Å². The van der Waals surface area contributed by atoms with Crippen LogP contribution in [0.4, 0.5) is 0 Å². The summed E-state index contributed by atoms with van der Waals surface area (Å²) in [5.41, 5.74) is 0. The van der Waals surface area contributed by atoms with Gasteiger partial charge in [0.2, 0.25) is 6.29 Å². The fourth-order valence-corrected chi connectivity index (χ4v) is 3.49. The smallest absolute Gasteiger partial charge is 0.257 e. The average molecular weight is 331 g/mol. The second-order valence-corrected chi connectivity index (χ2v) is 6.27. The molecule has 0 aromatic heterocycles. The highest BCUT2D eigenvalue weighted by molar-refractivity contribution is 6.04. The Morgan fingerprint density at radius 1 is 1.00 bits per heavy atom. The number of ether oxygens (including phenoxy) is 1. The third-order valence-corrected chi connectivity index (χ3v) is 4.86. The first kappa shape index (κ1) is 16.7. The summed E-state index contributed by atoms with van der Waals surface area (Å²) in [7, 11) is 0. The van der Waals surface area contributed by atoms with Gasteiger partial charge in [-0.2, -0.15) is 0 Å². The van der Waals surface area contributed by atoms with Crippen molar-refractivity contribution in [2.45, 2.75) is 56.4 Å². The first-order valence-electron chi connectivity index (χ1n) is 7.80. The molecule has 0 radical (unpaired) electrons. The lowest BCUT2D eigenvalue weighted by atomic mass is 9.81. The Bertz CT molecular complexity index is 459. The number of nitrogens with zero attached hydrogens (tertiary/aromatic N) is 1. The fraction of sp³-hybridized carbons (Fsp3) is 0.857. The normalized spacial score (nSPS) is 44.5. The maximum absolute atomic E-state index is 12.3. The number of hydrogen-bond acceptors (Lipinski definition) is 8. The predicted molar refractivity (Wildman–Crippen MR) is 72.2 cm³/mol. The summed E-state index contributed by atoms with van der Waals surface area (Å²) in [5, 5.41) is 39.1. The number of hydroxylamine groups is 2. The molecule has 7 atom stereocenters. The van der Waals surface area contributed by atoms with Crippen molar-refractivity contribution >= 4 is 11.8 Å². The first-order valence-corrected chi connectivity index (χ1v) is 7.80. The molecule has 2 saturated heterocycles. The van der Waals surface area contributed by atoms with E-state index in [9.17, 15) is 24.9 Å². The van der Waals surface area contributed by atoms with Gasteiger partial charge in [0.25, 0.3) is 11.8 Å². The average Bonchev–Trinajstić information content (AvgIpc) is 2.80. The number of amides is 2. The molecule has 0 bridgehead atoms. The topological polar surface area (TPSA) is 137 Å². The molecule has 3 rings (SSSR count). The minimum absolute atomic E-state index is 0.416. The molecular weight excluding hydrogens is 310 g/mol. The zero-order chi connectivity index (χ0) is 16.7. The summed E-state index contributed by atoms with van der Waals surface area (Å²) in [6, 6.07) is 0. The molecule has 4 N–H and O–H groups in total. The van der Waals surface area contributed by atoms with Gasteiger partial charge in [-0.05, 0) is 12.8 Å². The van der Waals surface area contributed by atoms with E-state index in [0.717, 1.165) is 12.8 Å². The lowest BCUT2D eigenvalue weighted by Crippen LogP contribution is -2.60. The van der Waals surface area contributed by atoms with E-state index in [1.54, 1.807) is 0 Å². The van der Waals surface area contributed by atoms with Crippen molar-refractivity contribution in [2.24, 2.45) is 11.8 Å². The molecule has 3 aliphatic rings. The molecule has 2 aliphatic heterocycles. The predicted octanol–water partition coefficient (Wildman–Crippen LogP) is -2.11. The number of carbonyl (C=O) groups is 2. The third-order valence-electron chi connectivity index (χ3n) is 4.86. The van der Waals surface area contributed by atoms with E-state index in [2.05, 4.69) is 0 Å². The monoisotopic (exact) mass is 331 g/mol. The molecule has 130 valence electrons. The van der Waals surface area contributed by atoms with E-state index in [-0.39, 0.29) is 0 Å². The first-order chi connectivity index (χ1) is 11.0. The van der Waals surface area contributed by atoms with Crippen LogP contribution in [0.15, 0.2) is 0 Å². The van der Waals surface area contributed by atoms with Gasteiger partial charge in [0.15, 0.2) is 0 Å². The van der Waals surface area contributed by atoms with Crippen LogP contribution in [0, 0.1) is 11.8 Å². The van der Waals surface area contributed by atoms with Gasteiger partial charge in [-0.25, -0.2) is 4.84 Å². The van der Waals surface area contributed by atoms with Gasteiger partial charge in [-0.15, -0.1) is 5.06 Å². The van der Waals surface area contributed by atoms with E-state index in [1.807, 2.05) is 0 Å². The Kier molecular flexibility index (Phi) is 4.68. The van der Waals surface area contributed by atoms with Crippen molar-refractivity contribution in [1.29, 1.82) is 0 Å². The molecule has 0 aromatic rings. The number of aliphatic hydroxyl groups excluding tert-OH is 4. The molecule has 9 nitrogen and oxygen atoms in total. The second-order valence-electron chi connectivity index (χ2n) is 6.27. The van der Waals surface area contributed by atoms with Crippen molar-refractivity contribution in [3.8, 4) is 0 Å². The van der Waals surface area contributed by atoms with E-state index in [0.29, 0.717) is 17.9 Å². The number of fused-ring (bicyclic) bond motifs is 1. The summed E-state index contributed by atoms with van der Waals surface area (Å²) >= 11 is 0. The largest absolute Gasteiger partial charge is 0.394 e. The standard InChI is InChI=1S/C14H21NO8/c16-5-8-9(17)10(18)11(19)14(22-8)23-15-12(20)6-3-1-2-4-7(6)13(15)21/h6-11,14,16-19H,1-5H2/t6-,7+,8-,9-,10+,11-,14-/m1/s1. The molecular formula is C14H21NO8. The summed E-state index contributed by atoms with van der Waals surface area (Å²) in [6.45, 7) is -0.613. The zero-order valence-electron chi connectivity index (χ0n) is 12.4. The SMILES string of the molecule is O=C1[C@H]2CCCC[C@H]2C(=O)N1O[C@H]1O[C@H](CO)[C@@H](O)[C@H](O)[C@H]1O. The number of rotatable bonds is 3. The van der Waals surface area contributed by atoms with Crippen molar-refractivity contribution in [3.05, 3.63) is 0 Å². The van der Waals surface area contributed by atoms with Crippen LogP contribution < -0.4 is 0 Å². The van der Waals surface area contributed by atoms with Gasteiger partial charge < -0.3 is 25.2 Å². The zero-order valence-corrected chi connectivity index (χ0v) is 12.4. The lowest BCUT2D eigenvalue weighted by Gasteiger charge is -2.40. The summed E-state index contributed by atoms with van der Waals surface area (Å²) in [4.78, 5) is 29.8. The van der Waals surface area contributed by atoms with Crippen LogP contribution in [-0.4, -0.2) is 74.6 Å². The molecule has 1 saturated carbocycles. The van der Waals surface area contributed by atoms with Gasteiger partial charge in [-0.3, -0.25) is 9.59 Å². The lowest BCUT2D eigenvalue weighted by molar-refractivity contribution is -0.344. The highest BCUT2D eigenvalue weighted by Crippen LogP contribution is 2.39. The molecule has 3 fully saturated rings. The van der Waals surface area contributed by atoms with Crippen LogP contribution in [0.5, 0.6) is 0 Å². The van der Waals surface area contributed by atoms with Crippen LogP contribution in [0.2, 0.25) is 0 Å². The maximum Gasteiger partial charge on any atom is 0.257 e. The van der Waals surface area contributed by atoms with Gasteiger partial charge >= 0.3 is 0 Å². The van der Waals surface area contributed by atoms with E-state index < -0.39 is 61.0 Å². The Morgan fingerprint density at radius 3 is 2.09 bits per heavy atom. The molecule has 23 heavy (non-hydrogen) atoms. The van der Waals surface area contributed by atoms with E-state index in [1.165, 1.54) is 0 Å². The van der Waals surface area contributed by atoms with Crippen molar-refractivity contribution < 1.29 is 39.6 Å². The van der Waals surface area contributed by atoms with E-state index in [4.69, 9.17) is 14.7 Å². The van der Waals surface area contributed by atoms with Gasteiger partial charge in [0.05, 0.1) is 18.4 Å². The summed E-state index contributed by atoms with van der Waals surface area (Å²) < 4.78 is 5.16. The second kappa shape index (κ2) is 6.42. The number of carbonyl (C=O) groups excluding carboxylic acids is 2. The Hall–Kier alpha value is -1.10. The molecule has 2 amide bonds. The van der Waals surface area contributed by atoms with Gasteiger partial charge in [0, 0.05) is 0 Å². The highest BCUT2D eigenvalue weighted by Gasteiger charge is 2.52. The van der Waals surface area contributed by atoms with Crippen molar-refractivity contribution in [2.75, 3.05) is 6.61 Å². The van der Waals surface area contributed by atoms with Crippen LogP contribution in [0.1, 0.15) is 25.7 Å². The third kappa shape index (κ3) is 2.77. The Morgan fingerprint density at radius 2 is 1.57 bits per heavy atom. The summed E-state index contributed by atoms with van der Waals surface area (Å²) in [6.07, 6.45) is -4.53. The van der Waals surface area contributed by atoms with Crippen LogP contribution in [0.25, 0.3) is 0 Å². The molecule has 2 heterocycles. The molecule has 0 aromatic carbocycles. The Balaban J connectivity index is 1.73. The quantitative estimate of drug-likeness (QED) is 0.431. The van der Waals surface area contributed by atoms with E-state index >= 15 is 0 Å². The van der Waals surface area contributed by atoms with Crippen LogP contribution in [-0.2, 0) is 19.2 Å². The number of imide groups is 1. The fourth-order valence-electron chi connectivity index (χ4n) is 3.49. The van der Waals surface area contributed by atoms with Crippen molar-refractivity contribution in [3.63, 3.8) is 0 Å². The molecule has 1 aliphatic carbocycles. The molecule has 0 spiro atoms.